The lowest BCUT2D eigenvalue weighted by molar-refractivity contribution is 0.412. The zero-order chi connectivity index (χ0) is 13.1. The van der Waals surface area contributed by atoms with Gasteiger partial charge in [-0.25, -0.2) is 4.99 Å². The monoisotopic (exact) mass is 256 g/mol. The van der Waals surface area contributed by atoms with Gasteiger partial charge >= 0.3 is 0 Å². The quantitative estimate of drug-likeness (QED) is 0.651. The largest absolute Gasteiger partial charge is 0.370 e. The third-order valence-corrected chi connectivity index (χ3v) is 3.27. The van der Waals surface area contributed by atoms with Crippen LogP contribution in [0.4, 0.5) is 5.69 Å². The zero-order valence-electron chi connectivity index (χ0n) is 10.6. The van der Waals surface area contributed by atoms with Crippen LogP contribution < -0.4 is 11.1 Å². The van der Waals surface area contributed by atoms with E-state index in [2.05, 4.69) is 27.6 Å². The van der Waals surface area contributed by atoms with Gasteiger partial charge in [-0.15, -0.1) is 0 Å². The number of aliphatic imine (C=N–C) groups is 1. The Morgan fingerprint density at radius 1 is 1.32 bits per heavy atom. The minimum atomic E-state index is 0.390. The van der Waals surface area contributed by atoms with Crippen LogP contribution >= 0.6 is 0 Å². The van der Waals surface area contributed by atoms with Crippen LogP contribution in [0.1, 0.15) is 23.2 Å². The van der Waals surface area contributed by atoms with E-state index in [9.17, 15) is 0 Å². The molecule has 3 N–H and O–H groups in total. The van der Waals surface area contributed by atoms with Gasteiger partial charge in [-0.05, 0) is 42.5 Å². The van der Waals surface area contributed by atoms with E-state index < -0.39 is 0 Å². The van der Waals surface area contributed by atoms with Gasteiger partial charge in [0.2, 0.25) is 0 Å². The number of hydrogen-bond acceptors (Lipinski definition) is 3. The molecule has 19 heavy (non-hydrogen) atoms. The molecular weight excluding hydrogens is 240 g/mol. The van der Waals surface area contributed by atoms with Crippen LogP contribution in [0.15, 0.2) is 40.0 Å². The summed E-state index contributed by atoms with van der Waals surface area (Å²) in [5.41, 5.74) is 10.5. The van der Waals surface area contributed by atoms with Gasteiger partial charge in [0.15, 0.2) is 5.96 Å². The van der Waals surface area contributed by atoms with E-state index in [1.54, 1.807) is 6.07 Å². The number of guanidine groups is 1. The van der Waals surface area contributed by atoms with Gasteiger partial charge in [0.25, 0.3) is 0 Å². The Bertz CT molecular complexity index is 589. The highest BCUT2D eigenvalue weighted by molar-refractivity contribution is 5.92. The number of fused-ring (bicyclic) bond motifs is 1. The molecule has 1 aromatic carbocycles. The van der Waals surface area contributed by atoms with E-state index >= 15 is 0 Å². The first-order chi connectivity index (χ1) is 9.31. The Labute approximate surface area is 111 Å². The van der Waals surface area contributed by atoms with Crippen LogP contribution in [0.2, 0.25) is 0 Å². The van der Waals surface area contributed by atoms with Crippen LogP contribution in [0.3, 0.4) is 0 Å². The van der Waals surface area contributed by atoms with Crippen LogP contribution in [0, 0.1) is 0 Å². The highest BCUT2D eigenvalue weighted by atomic mass is 16.5. The van der Waals surface area contributed by atoms with Crippen molar-refractivity contribution in [3.8, 4) is 0 Å². The van der Waals surface area contributed by atoms with Crippen molar-refractivity contribution in [2.45, 2.75) is 25.8 Å². The summed E-state index contributed by atoms with van der Waals surface area (Å²) in [4.78, 5) is 4.22. The van der Waals surface area contributed by atoms with Gasteiger partial charge in [0.1, 0.15) is 12.0 Å². The molecule has 1 aliphatic rings. The third kappa shape index (κ3) is 2.76. The summed E-state index contributed by atoms with van der Waals surface area (Å²) in [5, 5.41) is 6.88. The number of hydrogen-bond donors (Lipinski definition) is 2. The second-order valence-corrected chi connectivity index (χ2v) is 4.65. The Morgan fingerprint density at radius 2 is 2.21 bits per heavy atom. The van der Waals surface area contributed by atoms with Crippen molar-refractivity contribution in [2.75, 3.05) is 5.32 Å². The molecule has 0 atom stereocenters. The molecule has 2 aromatic rings. The summed E-state index contributed by atoms with van der Waals surface area (Å²) < 4.78 is 4.73. The van der Waals surface area contributed by atoms with Crippen molar-refractivity contribution in [2.24, 2.45) is 10.7 Å². The second kappa shape index (κ2) is 5.14. The van der Waals surface area contributed by atoms with E-state index in [0.29, 0.717) is 12.5 Å². The maximum Gasteiger partial charge on any atom is 0.193 e. The minimum absolute atomic E-state index is 0.390. The third-order valence-electron chi connectivity index (χ3n) is 3.27. The number of nitrogens with two attached hydrogens (primary N) is 1. The van der Waals surface area contributed by atoms with Crippen LogP contribution in [-0.2, 0) is 19.4 Å². The molecule has 1 aromatic heterocycles. The van der Waals surface area contributed by atoms with Gasteiger partial charge in [0, 0.05) is 11.8 Å². The number of aromatic nitrogens is 1. The molecule has 0 saturated heterocycles. The van der Waals surface area contributed by atoms with E-state index in [4.69, 9.17) is 10.3 Å². The van der Waals surface area contributed by atoms with Crippen molar-refractivity contribution in [1.82, 2.24) is 5.16 Å². The van der Waals surface area contributed by atoms with Crippen LogP contribution in [0.5, 0.6) is 0 Å². The maximum atomic E-state index is 5.85. The van der Waals surface area contributed by atoms with Gasteiger partial charge < -0.3 is 15.6 Å². The number of aryl methyl sites for hydroxylation is 2. The van der Waals surface area contributed by atoms with E-state index in [0.717, 1.165) is 17.8 Å². The molecule has 0 saturated carbocycles. The first-order valence-electron chi connectivity index (χ1n) is 6.39. The number of nitrogens with zero attached hydrogens (tertiary/aromatic N) is 2. The molecule has 0 radical (unpaired) electrons. The highest BCUT2D eigenvalue weighted by Crippen LogP contribution is 2.24. The van der Waals surface area contributed by atoms with Crippen molar-refractivity contribution in [3.05, 3.63) is 47.3 Å². The Hall–Kier alpha value is -2.30. The molecule has 1 aliphatic carbocycles. The van der Waals surface area contributed by atoms with Crippen LogP contribution in [0.25, 0.3) is 0 Å². The molecular formula is C14H16N4O. The molecule has 3 rings (SSSR count). The van der Waals surface area contributed by atoms with Crippen molar-refractivity contribution in [1.29, 1.82) is 0 Å². The average molecular weight is 256 g/mol. The second-order valence-electron chi connectivity index (χ2n) is 4.65. The fourth-order valence-corrected chi connectivity index (χ4v) is 2.32. The first kappa shape index (κ1) is 11.8. The molecule has 98 valence electrons. The SMILES string of the molecule is NC(=NCc1ccon1)Nc1ccc2c(c1)CCC2. The molecule has 0 spiro atoms. The fourth-order valence-electron chi connectivity index (χ4n) is 2.32. The fraction of sp³-hybridized carbons (Fsp3) is 0.286. The van der Waals surface area contributed by atoms with Crippen molar-refractivity contribution < 1.29 is 4.52 Å². The van der Waals surface area contributed by atoms with E-state index in [1.807, 2.05) is 6.07 Å². The molecule has 0 amide bonds. The summed E-state index contributed by atoms with van der Waals surface area (Å²) in [7, 11) is 0. The number of nitrogens with one attached hydrogen (secondary N) is 1. The van der Waals surface area contributed by atoms with Gasteiger partial charge in [-0.2, -0.15) is 0 Å². The molecule has 5 nitrogen and oxygen atoms in total. The minimum Gasteiger partial charge on any atom is -0.370 e. The molecule has 0 unspecified atom stereocenters. The molecule has 5 heteroatoms. The van der Waals surface area contributed by atoms with Crippen molar-refractivity contribution >= 4 is 11.6 Å². The molecule has 0 fully saturated rings. The smallest absolute Gasteiger partial charge is 0.193 e. The molecule has 1 heterocycles. The summed E-state index contributed by atoms with van der Waals surface area (Å²) in [5.74, 6) is 0.390. The number of anilines is 1. The Kier molecular flexibility index (Phi) is 3.18. The highest BCUT2D eigenvalue weighted by Gasteiger charge is 2.10. The number of rotatable bonds is 3. The predicted molar refractivity (Wildman–Crippen MR) is 73.9 cm³/mol. The summed E-state index contributed by atoms with van der Waals surface area (Å²) in [6.45, 7) is 0.417. The molecule has 0 aliphatic heterocycles. The Morgan fingerprint density at radius 3 is 3.05 bits per heavy atom. The first-order valence-corrected chi connectivity index (χ1v) is 6.39. The topological polar surface area (TPSA) is 76.4 Å². The number of benzene rings is 1. The lowest BCUT2D eigenvalue weighted by Crippen LogP contribution is -2.22. The van der Waals surface area contributed by atoms with Gasteiger partial charge in [-0.1, -0.05) is 11.2 Å². The molecule has 0 bridgehead atoms. The standard InChI is InChI=1S/C14H16N4O/c15-14(16-9-13-6-7-19-18-13)17-12-5-4-10-2-1-3-11(10)8-12/h4-8H,1-3,9H2,(H3,15,16,17). The predicted octanol–water partition coefficient (Wildman–Crippen LogP) is 2.09. The summed E-state index contributed by atoms with van der Waals surface area (Å²) >= 11 is 0. The van der Waals surface area contributed by atoms with Gasteiger partial charge in [0.05, 0.1) is 6.54 Å². The summed E-state index contributed by atoms with van der Waals surface area (Å²) in [6.07, 6.45) is 5.11. The summed E-state index contributed by atoms with van der Waals surface area (Å²) in [6, 6.07) is 8.13. The Balaban J connectivity index is 1.65. The van der Waals surface area contributed by atoms with Crippen LogP contribution in [-0.4, -0.2) is 11.1 Å². The van der Waals surface area contributed by atoms with E-state index in [1.165, 1.54) is 30.2 Å². The normalized spacial score (nSPS) is 14.4. The zero-order valence-corrected chi connectivity index (χ0v) is 10.6. The van der Waals surface area contributed by atoms with Crippen molar-refractivity contribution in [3.63, 3.8) is 0 Å². The van der Waals surface area contributed by atoms with E-state index in [-0.39, 0.29) is 0 Å². The van der Waals surface area contributed by atoms with Gasteiger partial charge in [-0.3, -0.25) is 0 Å². The average Bonchev–Trinajstić information content (AvgIpc) is 3.07. The lowest BCUT2D eigenvalue weighted by Gasteiger charge is -2.07. The maximum absolute atomic E-state index is 5.85. The lowest BCUT2D eigenvalue weighted by atomic mass is 10.1.